The van der Waals surface area contributed by atoms with E-state index in [1.165, 1.54) is 0 Å². The Bertz CT molecular complexity index is 75.5. The Hall–Kier alpha value is 1.16. The van der Waals surface area contributed by atoms with Crippen molar-refractivity contribution < 1.29 is 0 Å². The highest BCUT2D eigenvalue weighted by Gasteiger charge is 2.22. The maximum Gasteiger partial charge on any atom is 0.192 e. The highest BCUT2D eigenvalue weighted by atomic mass is 35.6. The van der Waals surface area contributed by atoms with Gasteiger partial charge in [-0.15, -0.1) is 11.6 Å². The van der Waals surface area contributed by atoms with Gasteiger partial charge >= 0.3 is 0 Å². The van der Waals surface area contributed by atoms with Crippen LogP contribution in [0, 0.1) is 6.92 Å². The lowest BCUT2D eigenvalue weighted by Gasteiger charge is -2.12. The zero-order valence-corrected chi connectivity index (χ0v) is 7.73. The first-order valence-electron chi connectivity index (χ1n) is 2.46. The number of halogens is 4. The van der Waals surface area contributed by atoms with Gasteiger partial charge in [0.25, 0.3) is 0 Å². The van der Waals surface area contributed by atoms with E-state index in [-0.39, 0.29) is 5.38 Å². The van der Waals surface area contributed by atoms with Gasteiger partial charge in [0.2, 0.25) is 0 Å². The van der Waals surface area contributed by atoms with Crippen LogP contribution in [0.4, 0.5) is 0 Å². The summed E-state index contributed by atoms with van der Waals surface area (Å²) in [5.74, 6) is 0. The van der Waals surface area contributed by atoms with Gasteiger partial charge in [-0.05, 0) is 6.42 Å². The van der Waals surface area contributed by atoms with Crippen LogP contribution in [0.3, 0.4) is 0 Å². The van der Waals surface area contributed by atoms with Crippen LogP contribution in [-0.4, -0.2) is 9.17 Å². The molecule has 0 aromatic rings. The van der Waals surface area contributed by atoms with Gasteiger partial charge in [0.15, 0.2) is 3.79 Å². The molecule has 0 aliphatic carbocycles. The first-order chi connectivity index (χ1) is 3.95. The highest BCUT2D eigenvalue weighted by Crippen LogP contribution is 2.33. The molecule has 1 radical (unpaired) electrons. The van der Waals surface area contributed by atoms with E-state index in [2.05, 4.69) is 6.92 Å². The molecule has 0 spiro atoms. The van der Waals surface area contributed by atoms with Gasteiger partial charge in [0.05, 0.1) is 0 Å². The largest absolute Gasteiger partial charge is 0.192 e. The van der Waals surface area contributed by atoms with E-state index in [4.69, 9.17) is 46.4 Å². The van der Waals surface area contributed by atoms with Crippen molar-refractivity contribution in [2.45, 2.75) is 22.0 Å². The fourth-order valence-electron chi connectivity index (χ4n) is 0.353. The van der Waals surface area contributed by atoms with Crippen LogP contribution in [-0.2, 0) is 0 Å². The summed E-state index contributed by atoms with van der Waals surface area (Å²) in [6.45, 7) is 3.56. The van der Waals surface area contributed by atoms with Gasteiger partial charge in [-0.25, -0.2) is 0 Å². The van der Waals surface area contributed by atoms with Gasteiger partial charge in [-0.2, -0.15) is 0 Å². The second-order valence-corrected chi connectivity index (χ2v) is 4.84. The normalized spacial score (nSPS) is 15.7. The standard InChI is InChI=1S/C5H7Cl4/c1-2-4(6)3-5(7,8)9/h4H,1-3H2. The molecule has 0 saturated heterocycles. The maximum absolute atomic E-state index is 5.63. The van der Waals surface area contributed by atoms with Crippen LogP contribution in [0.1, 0.15) is 12.8 Å². The minimum atomic E-state index is -1.23. The molecule has 4 heteroatoms. The lowest BCUT2D eigenvalue weighted by atomic mass is 10.3. The third-order valence-corrected chi connectivity index (χ3v) is 1.60. The van der Waals surface area contributed by atoms with Crippen molar-refractivity contribution in [1.29, 1.82) is 0 Å². The molecule has 55 valence electrons. The van der Waals surface area contributed by atoms with Gasteiger partial charge in [0.1, 0.15) is 0 Å². The molecule has 1 unspecified atom stereocenters. The zero-order valence-electron chi connectivity index (χ0n) is 4.71. The van der Waals surface area contributed by atoms with E-state index in [1.54, 1.807) is 0 Å². The molecule has 9 heavy (non-hydrogen) atoms. The average Bonchev–Trinajstić information content (AvgIpc) is 1.62. The predicted molar refractivity (Wildman–Crippen MR) is 44.5 cm³/mol. The molecule has 0 amide bonds. The lowest BCUT2D eigenvalue weighted by molar-refractivity contribution is 0.776. The molecule has 0 nitrogen and oxygen atoms in total. The van der Waals surface area contributed by atoms with E-state index >= 15 is 0 Å². The van der Waals surface area contributed by atoms with Crippen LogP contribution in [0.2, 0.25) is 0 Å². The van der Waals surface area contributed by atoms with E-state index in [1.807, 2.05) is 0 Å². The Morgan fingerprint density at radius 2 is 1.78 bits per heavy atom. The number of hydrogen-bond donors (Lipinski definition) is 0. The summed E-state index contributed by atoms with van der Waals surface area (Å²) in [6.07, 6.45) is 0.929. The smallest absolute Gasteiger partial charge is 0.123 e. The van der Waals surface area contributed by atoms with E-state index in [0.717, 1.165) is 0 Å². The molecular formula is C5H7Cl4. The summed E-state index contributed by atoms with van der Waals surface area (Å²) < 4.78 is -1.23. The minimum absolute atomic E-state index is 0.141. The fourth-order valence-corrected chi connectivity index (χ4v) is 1.38. The van der Waals surface area contributed by atoms with Crippen LogP contribution >= 0.6 is 46.4 Å². The molecular weight excluding hydrogens is 202 g/mol. The van der Waals surface area contributed by atoms with Crippen LogP contribution < -0.4 is 0 Å². The molecule has 0 aliphatic heterocycles. The Balaban J connectivity index is 3.47. The van der Waals surface area contributed by atoms with Gasteiger partial charge in [0, 0.05) is 11.8 Å². The molecule has 0 heterocycles. The molecule has 0 saturated carbocycles. The average molecular weight is 209 g/mol. The lowest BCUT2D eigenvalue weighted by Crippen LogP contribution is -2.10. The minimum Gasteiger partial charge on any atom is -0.123 e. The molecule has 0 aliphatic rings. The number of alkyl halides is 4. The van der Waals surface area contributed by atoms with Gasteiger partial charge in [-0.3, -0.25) is 0 Å². The fraction of sp³-hybridized carbons (Fsp3) is 0.800. The van der Waals surface area contributed by atoms with Crippen molar-refractivity contribution in [2.75, 3.05) is 0 Å². The van der Waals surface area contributed by atoms with Crippen LogP contribution in [0.5, 0.6) is 0 Å². The molecule has 0 aromatic heterocycles. The Kier molecular flexibility index (Phi) is 4.66. The van der Waals surface area contributed by atoms with Gasteiger partial charge in [-0.1, -0.05) is 41.7 Å². The zero-order chi connectivity index (χ0) is 7.49. The molecule has 0 fully saturated rings. The summed E-state index contributed by atoms with van der Waals surface area (Å²) in [4.78, 5) is 0. The van der Waals surface area contributed by atoms with Crippen molar-refractivity contribution >= 4 is 46.4 Å². The first kappa shape index (κ1) is 10.2. The summed E-state index contributed by atoms with van der Waals surface area (Å²) >= 11 is 21.9. The predicted octanol–water partition coefficient (Wildman–Crippen LogP) is 3.58. The summed E-state index contributed by atoms with van der Waals surface area (Å²) in [5.41, 5.74) is 0. The number of rotatable bonds is 2. The van der Waals surface area contributed by atoms with Crippen molar-refractivity contribution in [1.82, 2.24) is 0 Å². The molecule has 0 aromatic carbocycles. The quantitative estimate of drug-likeness (QED) is 0.609. The summed E-state index contributed by atoms with van der Waals surface area (Å²) in [7, 11) is 0. The first-order valence-corrected chi connectivity index (χ1v) is 4.03. The summed E-state index contributed by atoms with van der Waals surface area (Å²) in [5, 5.41) is -0.141. The Morgan fingerprint density at radius 3 is 1.89 bits per heavy atom. The number of hydrogen-bond acceptors (Lipinski definition) is 0. The Labute approximate surface area is 75.4 Å². The van der Waals surface area contributed by atoms with Gasteiger partial charge < -0.3 is 0 Å². The van der Waals surface area contributed by atoms with E-state index in [9.17, 15) is 0 Å². The van der Waals surface area contributed by atoms with Crippen molar-refractivity contribution in [3.63, 3.8) is 0 Å². The van der Waals surface area contributed by atoms with Crippen molar-refractivity contribution in [3.05, 3.63) is 6.92 Å². The second-order valence-electron chi connectivity index (χ2n) is 1.71. The molecule has 0 rings (SSSR count). The molecule has 0 N–H and O–H groups in total. The van der Waals surface area contributed by atoms with Crippen molar-refractivity contribution in [3.8, 4) is 0 Å². The Morgan fingerprint density at radius 1 is 1.33 bits per heavy atom. The third-order valence-electron chi connectivity index (χ3n) is 0.766. The summed E-state index contributed by atoms with van der Waals surface area (Å²) in [6, 6.07) is 0. The monoisotopic (exact) mass is 207 g/mol. The SMILES string of the molecule is [CH2]CC(Cl)CC(Cl)(Cl)Cl. The van der Waals surface area contributed by atoms with Crippen LogP contribution in [0.15, 0.2) is 0 Å². The van der Waals surface area contributed by atoms with E-state index < -0.39 is 3.79 Å². The third kappa shape index (κ3) is 7.05. The molecule has 1 atom stereocenters. The van der Waals surface area contributed by atoms with Crippen LogP contribution in [0.25, 0.3) is 0 Å². The molecule has 0 bridgehead atoms. The maximum atomic E-state index is 5.63. The van der Waals surface area contributed by atoms with E-state index in [0.29, 0.717) is 12.8 Å². The topological polar surface area (TPSA) is 0 Å². The van der Waals surface area contributed by atoms with Crippen molar-refractivity contribution in [2.24, 2.45) is 0 Å². The second kappa shape index (κ2) is 4.12. The highest BCUT2D eigenvalue weighted by molar-refractivity contribution is 6.67.